The van der Waals surface area contributed by atoms with E-state index in [0.717, 1.165) is 24.3 Å². The molecule has 0 aliphatic rings. The molecule has 0 heterocycles. The van der Waals surface area contributed by atoms with Crippen LogP contribution in [0.4, 0.5) is 39.0 Å². The highest BCUT2D eigenvalue weighted by Gasteiger charge is 2.38. The fraction of sp³-hybridized carbons (Fsp3) is 0.0417. The van der Waals surface area contributed by atoms with E-state index < -0.39 is 41.1 Å². The SMILES string of the molecule is O=C(Nc1ccccc1F)C(=Cc1cccc(NC(=O)C(F)(F)F)c1)C(=O)Nc1ccccc1F. The van der Waals surface area contributed by atoms with E-state index in [1.807, 2.05) is 0 Å². The van der Waals surface area contributed by atoms with Gasteiger partial charge in [0.15, 0.2) is 0 Å². The van der Waals surface area contributed by atoms with Gasteiger partial charge in [0.1, 0.15) is 17.2 Å². The molecule has 0 saturated carbocycles. The lowest BCUT2D eigenvalue weighted by atomic mass is 10.1. The van der Waals surface area contributed by atoms with Crippen LogP contribution in [0.3, 0.4) is 0 Å². The van der Waals surface area contributed by atoms with Crippen molar-refractivity contribution in [3.8, 4) is 0 Å². The van der Waals surface area contributed by atoms with Gasteiger partial charge in [0, 0.05) is 5.69 Å². The second kappa shape index (κ2) is 10.6. The molecule has 35 heavy (non-hydrogen) atoms. The average molecular weight is 489 g/mol. The van der Waals surface area contributed by atoms with Crippen LogP contribution in [0.1, 0.15) is 5.56 Å². The van der Waals surface area contributed by atoms with Crippen LogP contribution in [-0.2, 0) is 14.4 Å². The number of alkyl halides is 3. The first-order valence-electron chi connectivity index (χ1n) is 9.86. The minimum atomic E-state index is -5.13. The summed E-state index contributed by atoms with van der Waals surface area (Å²) in [5.41, 5.74) is -1.31. The molecule has 3 aromatic rings. The van der Waals surface area contributed by atoms with Crippen LogP contribution in [0.5, 0.6) is 0 Å². The van der Waals surface area contributed by atoms with Gasteiger partial charge in [-0.2, -0.15) is 13.2 Å². The van der Waals surface area contributed by atoms with E-state index in [1.54, 1.807) is 5.32 Å². The summed E-state index contributed by atoms with van der Waals surface area (Å²) in [6, 6.07) is 15.1. The fourth-order valence-electron chi connectivity index (χ4n) is 2.81. The zero-order valence-electron chi connectivity index (χ0n) is 17.6. The first-order valence-corrected chi connectivity index (χ1v) is 9.86. The Morgan fingerprint density at radius 2 is 1.20 bits per heavy atom. The van der Waals surface area contributed by atoms with Crippen LogP contribution in [0.15, 0.2) is 78.4 Å². The number of benzene rings is 3. The first-order chi connectivity index (χ1) is 16.5. The Morgan fingerprint density at radius 1 is 0.686 bits per heavy atom. The number of hydrogen-bond acceptors (Lipinski definition) is 3. The summed E-state index contributed by atoms with van der Waals surface area (Å²) in [6.45, 7) is 0. The lowest BCUT2D eigenvalue weighted by molar-refractivity contribution is -0.167. The van der Waals surface area contributed by atoms with Crippen molar-refractivity contribution in [3.05, 3.63) is 95.6 Å². The predicted octanol–water partition coefficient (Wildman–Crippen LogP) is 5.13. The summed E-state index contributed by atoms with van der Waals surface area (Å²) in [4.78, 5) is 36.9. The van der Waals surface area contributed by atoms with Crippen LogP contribution < -0.4 is 16.0 Å². The Labute approximate surface area is 195 Å². The summed E-state index contributed by atoms with van der Waals surface area (Å²) in [7, 11) is 0. The van der Waals surface area contributed by atoms with E-state index in [1.165, 1.54) is 54.6 Å². The Balaban J connectivity index is 1.96. The largest absolute Gasteiger partial charge is 0.471 e. The molecule has 3 N–H and O–H groups in total. The number of nitrogens with one attached hydrogen (secondary N) is 3. The molecule has 180 valence electrons. The number of amides is 3. The molecular weight excluding hydrogens is 473 g/mol. The maximum atomic E-state index is 14.0. The molecule has 0 aliphatic heterocycles. The number of anilines is 3. The molecule has 0 saturated heterocycles. The Hall–Kier alpha value is -4.54. The Kier molecular flexibility index (Phi) is 7.59. The molecule has 3 amide bonds. The van der Waals surface area contributed by atoms with Gasteiger partial charge in [-0.15, -0.1) is 0 Å². The van der Waals surface area contributed by atoms with Crippen LogP contribution in [0.25, 0.3) is 6.08 Å². The van der Waals surface area contributed by atoms with E-state index in [9.17, 15) is 36.3 Å². The number of hydrogen-bond donors (Lipinski definition) is 3. The normalized spacial score (nSPS) is 10.8. The third kappa shape index (κ3) is 6.73. The van der Waals surface area contributed by atoms with Gasteiger partial charge in [-0.1, -0.05) is 36.4 Å². The second-order valence-corrected chi connectivity index (χ2v) is 7.00. The third-order valence-electron chi connectivity index (χ3n) is 4.45. The van der Waals surface area contributed by atoms with Gasteiger partial charge >= 0.3 is 12.1 Å². The van der Waals surface area contributed by atoms with Crippen LogP contribution >= 0.6 is 0 Å². The quantitative estimate of drug-likeness (QED) is 0.194. The molecule has 0 unspecified atom stereocenters. The summed E-state index contributed by atoms with van der Waals surface area (Å²) in [6.07, 6.45) is -4.13. The van der Waals surface area contributed by atoms with E-state index in [2.05, 4.69) is 10.6 Å². The van der Waals surface area contributed by atoms with E-state index >= 15 is 0 Å². The smallest absolute Gasteiger partial charge is 0.319 e. The zero-order chi connectivity index (χ0) is 25.6. The fourth-order valence-corrected chi connectivity index (χ4v) is 2.81. The molecule has 0 spiro atoms. The van der Waals surface area contributed by atoms with Crippen molar-refractivity contribution in [2.75, 3.05) is 16.0 Å². The summed E-state index contributed by atoms with van der Waals surface area (Å²) in [5, 5.41) is 6.10. The minimum absolute atomic E-state index is 0.0485. The number of rotatable bonds is 6. The maximum absolute atomic E-state index is 14.0. The van der Waals surface area contributed by atoms with Gasteiger partial charge in [-0.25, -0.2) is 8.78 Å². The summed E-state index contributed by atoms with van der Waals surface area (Å²) >= 11 is 0. The standard InChI is InChI=1S/C24H16F5N3O3/c25-17-8-1-3-10-19(17)31-21(33)16(22(34)32-20-11-4-2-9-18(20)26)13-14-6-5-7-15(12-14)30-23(35)24(27,28)29/h1-13H,(H,30,35)(H,31,33)(H,32,34). The molecule has 0 aromatic heterocycles. The number of halogens is 5. The lowest BCUT2D eigenvalue weighted by Crippen LogP contribution is -2.29. The molecular formula is C24H16F5N3O3. The Morgan fingerprint density at radius 3 is 1.69 bits per heavy atom. The molecule has 3 rings (SSSR count). The molecule has 0 radical (unpaired) electrons. The molecule has 6 nitrogen and oxygen atoms in total. The van der Waals surface area contributed by atoms with Crippen molar-refractivity contribution in [1.29, 1.82) is 0 Å². The van der Waals surface area contributed by atoms with Gasteiger partial charge < -0.3 is 16.0 Å². The van der Waals surface area contributed by atoms with Crippen molar-refractivity contribution in [2.24, 2.45) is 0 Å². The molecule has 0 atom stereocenters. The topological polar surface area (TPSA) is 87.3 Å². The van der Waals surface area contributed by atoms with Crippen molar-refractivity contribution in [3.63, 3.8) is 0 Å². The van der Waals surface area contributed by atoms with Gasteiger partial charge in [-0.05, 0) is 48.0 Å². The molecule has 3 aromatic carbocycles. The van der Waals surface area contributed by atoms with E-state index in [4.69, 9.17) is 0 Å². The van der Waals surface area contributed by atoms with Crippen molar-refractivity contribution < 1.29 is 36.3 Å². The monoisotopic (exact) mass is 489 g/mol. The van der Waals surface area contributed by atoms with Gasteiger partial charge in [0.25, 0.3) is 11.8 Å². The van der Waals surface area contributed by atoms with Crippen molar-refractivity contribution in [1.82, 2.24) is 0 Å². The zero-order valence-corrected chi connectivity index (χ0v) is 17.6. The molecule has 0 fully saturated rings. The molecule has 0 aliphatic carbocycles. The predicted molar refractivity (Wildman–Crippen MR) is 119 cm³/mol. The van der Waals surface area contributed by atoms with Gasteiger partial charge in [-0.3, -0.25) is 14.4 Å². The summed E-state index contributed by atoms with van der Waals surface area (Å²) in [5.74, 6) is -5.94. The van der Waals surface area contributed by atoms with Crippen LogP contribution in [0.2, 0.25) is 0 Å². The van der Waals surface area contributed by atoms with E-state index in [0.29, 0.717) is 0 Å². The first kappa shape index (κ1) is 25.1. The Bertz CT molecular complexity index is 1240. The number of carbonyl (C=O) groups is 3. The summed E-state index contributed by atoms with van der Waals surface area (Å²) < 4.78 is 65.6. The molecule has 11 heteroatoms. The highest BCUT2D eigenvalue weighted by atomic mass is 19.4. The minimum Gasteiger partial charge on any atom is -0.319 e. The lowest BCUT2D eigenvalue weighted by Gasteiger charge is -2.12. The van der Waals surface area contributed by atoms with Gasteiger partial charge in [0.2, 0.25) is 0 Å². The van der Waals surface area contributed by atoms with Crippen molar-refractivity contribution in [2.45, 2.75) is 6.18 Å². The van der Waals surface area contributed by atoms with Crippen LogP contribution in [-0.4, -0.2) is 23.9 Å². The third-order valence-corrected chi connectivity index (χ3v) is 4.45. The highest BCUT2D eigenvalue weighted by Crippen LogP contribution is 2.22. The van der Waals surface area contributed by atoms with Crippen molar-refractivity contribution >= 4 is 40.9 Å². The van der Waals surface area contributed by atoms with Crippen LogP contribution in [0, 0.1) is 11.6 Å². The average Bonchev–Trinajstić information content (AvgIpc) is 2.80. The second-order valence-electron chi connectivity index (χ2n) is 7.00. The maximum Gasteiger partial charge on any atom is 0.471 e. The highest BCUT2D eigenvalue weighted by molar-refractivity contribution is 6.28. The number of para-hydroxylation sites is 2. The van der Waals surface area contributed by atoms with Gasteiger partial charge in [0.05, 0.1) is 11.4 Å². The van der Waals surface area contributed by atoms with E-state index in [-0.39, 0.29) is 22.6 Å². The number of carbonyl (C=O) groups excluding carboxylic acids is 3. The molecule has 0 bridgehead atoms.